The van der Waals surface area contributed by atoms with E-state index in [-0.39, 0.29) is 0 Å². The quantitative estimate of drug-likeness (QED) is 0.646. The molecule has 0 heterocycles. The highest BCUT2D eigenvalue weighted by Crippen LogP contribution is 2.30. The minimum absolute atomic E-state index is 0.477. The molecular weight excluding hydrogens is 291 g/mol. The molecule has 0 amide bonds. The number of aryl methyl sites for hydroxylation is 1. The molecule has 0 spiro atoms. The van der Waals surface area contributed by atoms with Crippen molar-refractivity contribution in [2.75, 3.05) is 0 Å². The first-order chi connectivity index (χ1) is 11.2. The molecule has 0 atom stereocenters. The average Bonchev–Trinajstić information content (AvgIpc) is 2.57. The molecule has 110 valence electrons. The van der Waals surface area contributed by atoms with Crippen molar-refractivity contribution in [2.24, 2.45) is 9.98 Å². The van der Waals surface area contributed by atoms with Crippen LogP contribution in [0, 0.1) is 29.8 Å². The van der Waals surface area contributed by atoms with Crippen LogP contribution in [-0.4, -0.2) is 11.4 Å². The molecule has 23 heavy (non-hydrogen) atoms. The Bertz CT molecular complexity index is 942. The lowest BCUT2D eigenvalue weighted by Crippen LogP contribution is -2.22. The first-order valence-electron chi connectivity index (χ1n) is 6.94. The predicted molar refractivity (Wildman–Crippen MR) is 84.9 cm³/mol. The van der Waals surface area contributed by atoms with Gasteiger partial charge in [-0.2, -0.15) is 20.5 Å². The van der Waals surface area contributed by atoms with Gasteiger partial charge in [0.25, 0.3) is 0 Å². The summed E-state index contributed by atoms with van der Waals surface area (Å²) in [5.41, 5.74) is 5.25. The van der Waals surface area contributed by atoms with E-state index in [0.717, 1.165) is 16.7 Å². The highest BCUT2D eigenvalue weighted by Gasteiger charge is 2.27. The topological polar surface area (TPSA) is 72.3 Å². The third-order valence-corrected chi connectivity index (χ3v) is 3.76. The van der Waals surface area contributed by atoms with E-state index in [1.54, 1.807) is 18.2 Å². The van der Waals surface area contributed by atoms with Crippen LogP contribution >= 0.6 is 0 Å². The Labute approximate surface area is 132 Å². The molecule has 0 radical (unpaired) electrons. The van der Waals surface area contributed by atoms with Gasteiger partial charge >= 0.3 is 0 Å². The number of aliphatic imine (C=N–C) groups is 2. The van der Waals surface area contributed by atoms with Crippen molar-refractivity contribution in [3.8, 4) is 12.4 Å². The molecule has 4 nitrogen and oxygen atoms in total. The van der Waals surface area contributed by atoms with Gasteiger partial charge in [-0.05, 0) is 24.6 Å². The summed E-state index contributed by atoms with van der Waals surface area (Å²) in [4.78, 5) is 7.88. The Morgan fingerprint density at radius 1 is 0.870 bits per heavy atom. The molecule has 2 aromatic rings. The Morgan fingerprint density at radius 2 is 1.43 bits per heavy atom. The number of benzene rings is 2. The van der Waals surface area contributed by atoms with Crippen LogP contribution in [0.25, 0.3) is 0 Å². The number of nitrogens with zero attached hydrogens (tertiary/aromatic N) is 4. The van der Waals surface area contributed by atoms with Gasteiger partial charge in [-0.15, -0.1) is 0 Å². The number of halogens is 1. The van der Waals surface area contributed by atoms with Crippen LogP contribution in [0.1, 0.15) is 33.4 Å². The van der Waals surface area contributed by atoms with Crippen molar-refractivity contribution < 1.29 is 4.39 Å². The summed E-state index contributed by atoms with van der Waals surface area (Å²) >= 11 is 0. The van der Waals surface area contributed by atoms with Gasteiger partial charge in [0.2, 0.25) is 12.4 Å². The van der Waals surface area contributed by atoms with Gasteiger partial charge in [0, 0.05) is 22.3 Å². The molecule has 0 saturated heterocycles. The summed E-state index contributed by atoms with van der Waals surface area (Å²) in [7, 11) is 0. The van der Waals surface area contributed by atoms with Gasteiger partial charge in [-0.3, -0.25) is 0 Å². The third kappa shape index (κ3) is 2.39. The number of hydrogen-bond acceptors (Lipinski definition) is 4. The molecule has 2 aromatic carbocycles. The van der Waals surface area contributed by atoms with Crippen LogP contribution in [0.5, 0.6) is 0 Å². The van der Waals surface area contributed by atoms with E-state index >= 15 is 0 Å². The van der Waals surface area contributed by atoms with Crippen molar-refractivity contribution in [2.45, 2.75) is 13.6 Å². The fourth-order valence-electron chi connectivity index (χ4n) is 2.77. The van der Waals surface area contributed by atoms with E-state index < -0.39 is 6.67 Å². The summed E-state index contributed by atoms with van der Waals surface area (Å²) in [6, 6.07) is 10.7. The lowest BCUT2D eigenvalue weighted by molar-refractivity contribution is 0.485. The number of hydrogen-bond donors (Lipinski definition) is 0. The minimum atomic E-state index is -0.613. The zero-order chi connectivity index (χ0) is 16.4. The smallest absolute Gasteiger partial charge is 0.206 e. The van der Waals surface area contributed by atoms with Gasteiger partial charge in [0.15, 0.2) is 0 Å². The second-order valence-electron chi connectivity index (χ2n) is 5.18. The van der Waals surface area contributed by atoms with Gasteiger partial charge in [-0.1, -0.05) is 29.8 Å². The molecule has 0 N–H and O–H groups in total. The zero-order valence-corrected chi connectivity index (χ0v) is 12.3. The minimum Gasteiger partial charge on any atom is -0.246 e. The van der Waals surface area contributed by atoms with E-state index in [4.69, 9.17) is 10.5 Å². The van der Waals surface area contributed by atoms with Crippen molar-refractivity contribution in [3.63, 3.8) is 0 Å². The molecule has 1 aliphatic carbocycles. The van der Waals surface area contributed by atoms with E-state index in [2.05, 4.69) is 9.98 Å². The van der Waals surface area contributed by atoms with Crippen LogP contribution < -0.4 is 0 Å². The highest BCUT2D eigenvalue weighted by atomic mass is 19.1. The summed E-state index contributed by atoms with van der Waals surface area (Å²) in [6.07, 6.45) is 3.63. The van der Waals surface area contributed by atoms with E-state index in [0.29, 0.717) is 28.1 Å². The Kier molecular flexibility index (Phi) is 3.70. The van der Waals surface area contributed by atoms with Crippen LogP contribution in [0.3, 0.4) is 0 Å². The molecule has 3 rings (SSSR count). The van der Waals surface area contributed by atoms with E-state index in [1.165, 1.54) is 0 Å². The van der Waals surface area contributed by atoms with Crippen LogP contribution in [0.15, 0.2) is 46.4 Å². The molecular formula is C18H11FN4. The predicted octanol–water partition coefficient (Wildman–Crippen LogP) is 3.41. The van der Waals surface area contributed by atoms with Crippen LogP contribution in [0.4, 0.5) is 4.39 Å². The van der Waals surface area contributed by atoms with Crippen molar-refractivity contribution in [1.82, 2.24) is 0 Å². The SMILES string of the molecule is Cc1ccc2c(c1)/C(=N/C#N)c1ccc(CF)cc1/C2=N/C#N. The summed E-state index contributed by atoms with van der Waals surface area (Å²) in [6.45, 7) is 1.33. The number of fused-ring (bicyclic) bond motifs is 2. The number of nitriles is 2. The molecule has 0 aliphatic heterocycles. The normalized spacial score (nSPS) is 15.7. The maximum atomic E-state index is 13.0. The monoisotopic (exact) mass is 302 g/mol. The maximum Gasteiger partial charge on any atom is 0.206 e. The second kappa shape index (κ2) is 5.82. The van der Waals surface area contributed by atoms with E-state index in [1.807, 2.05) is 37.5 Å². The lowest BCUT2D eigenvalue weighted by atomic mass is 9.81. The number of alkyl halides is 1. The summed E-state index contributed by atoms with van der Waals surface area (Å²) in [5.74, 6) is 0. The highest BCUT2D eigenvalue weighted by molar-refractivity contribution is 6.32. The molecule has 0 unspecified atom stereocenters. The fraction of sp³-hybridized carbons (Fsp3) is 0.111. The van der Waals surface area contributed by atoms with Crippen molar-refractivity contribution >= 4 is 11.4 Å². The average molecular weight is 302 g/mol. The van der Waals surface area contributed by atoms with Gasteiger partial charge in [0.05, 0.1) is 11.4 Å². The Balaban J connectivity index is 2.40. The maximum absolute atomic E-state index is 13.0. The standard InChI is InChI=1S/C18H11FN4/c1-11-2-4-13-15(6-11)17(22-9-20)14-5-3-12(8-19)7-16(14)18(13)23-10-21/h2-7H,8H2,1H3/b22-17+,23-18+. The van der Waals surface area contributed by atoms with Crippen molar-refractivity contribution in [1.29, 1.82) is 10.5 Å². The van der Waals surface area contributed by atoms with Crippen LogP contribution in [0.2, 0.25) is 0 Å². The molecule has 5 heteroatoms. The first-order valence-corrected chi connectivity index (χ1v) is 6.94. The van der Waals surface area contributed by atoms with Gasteiger partial charge < -0.3 is 0 Å². The second-order valence-corrected chi connectivity index (χ2v) is 5.18. The Hall–Kier alpha value is -3.31. The fourth-order valence-corrected chi connectivity index (χ4v) is 2.77. The molecule has 0 fully saturated rings. The number of rotatable bonds is 1. The van der Waals surface area contributed by atoms with Crippen LogP contribution in [-0.2, 0) is 6.67 Å². The summed E-state index contributed by atoms with van der Waals surface area (Å²) in [5, 5.41) is 18.1. The van der Waals surface area contributed by atoms with Crippen molar-refractivity contribution in [3.05, 3.63) is 69.8 Å². The summed E-state index contributed by atoms with van der Waals surface area (Å²) < 4.78 is 13.0. The Morgan fingerprint density at radius 3 is 2.00 bits per heavy atom. The lowest BCUT2D eigenvalue weighted by Gasteiger charge is -2.23. The third-order valence-electron chi connectivity index (χ3n) is 3.76. The van der Waals surface area contributed by atoms with Gasteiger partial charge in [-0.25, -0.2) is 4.39 Å². The first kappa shape index (κ1) is 14.6. The molecule has 0 aromatic heterocycles. The van der Waals surface area contributed by atoms with E-state index in [9.17, 15) is 4.39 Å². The molecule has 1 aliphatic rings. The molecule has 0 bridgehead atoms. The molecule has 0 saturated carbocycles. The van der Waals surface area contributed by atoms with Gasteiger partial charge in [0.1, 0.15) is 6.67 Å². The zero-order valence-electron chi connectivity index (χ0n) is 12.3. The largest absolute Gasteiger partial charge is 0.246 e.